The maximum Gasteiger partial charge on any atom is 0.123 e. The van der Waals surface area contributed by atoms with Gasteiger partial charge in [0.25, 0.3) is 0 Å². The molecule has 1 fully saturated rings. The van der Waals surface area contributed by atoms with Gasteiger partial charge in [0.15, 0.2) is 0 Å². The molecular formula is C18H29NO. The van der Waals surface area contributed by atoms with Gasteiger partial charge in [-0.3, -0.25) is 0 Å². The van der Waals surface area contributed by atoms with Crippen LogP contribution in [-0.2, 0) is 0 Å². The van der Waals surface area contributed by atoms with Crippen LogP contribution in [0.1, 0.15) is 63.1 Å². The summed E-state index contributed by atoms with van der Waals surface area (Å²) < 4.78 is 5.53. The van der Waals surface area contributed by atoms with Crippen molar-refractivity contribution in [3.8, 4) is 5.75 Å². The topological polar surface area (TPSA) is 21.3 Å². The van der Waals surface area contributed by atoms with Gasteiger partial charge < -0.3 is 10.1 Å². The fourth-order valence-corrected chi connectivity index (χ4v) is 3.36. The van der Waals surface area contributed by atoms with Gasteiger partial charge in [-0.25, -0.2) is 0 Å². The maximum absolute atomic E-state index is 5.53. The Morgan fingerprint density at radius 2 is 1.95 bits per heavy atom. The van der Waals surface area contributed by atoms with E-state index in [1.807, 2.05) is 0 Å². The summed E-state index contributed by atoms with van der Waals surface area (Å²) in [6.45, 7) is 6.67. The van der Waals surface area contributed by atoms with Crippen LogP contribution in [0.25, 0.3) is 0 Å². The van der Waals surface area contributed by atoms with E-state index < -0.39 is 0 Å². The highest BCUT2D eigenvalue weighted by atomic mass is 16.5. The highest BCUT2D eigenvalue weighted by molar-refractivity contribution is 5.39. The largest absolute Gasteiger partial charge is 0.496 e. The molecule has 0 bridgehead atoms. The van der Waals surface area contributed by atoms with Gasteiger partial charge in [0, 0.05) is 17.6 Å². The van der Waals surface area contributed by atoms with Gasteiger partial charge in [-0.15, -0.1) is 0 Å². The highest BCUT2D eigenvalue weighted by Gasteiger charge is 2.22. The molecule has 0 aliphatic heterocycles. The monoisotopic (exact) mass is 275 g/mol. The Labute approximate surface area is 123 Å². The molecule has 1 N–H and O–H groups in total. The summed E-state index contributed by atoms with van der Waals surface area (Å²) in [7, 11) is 1.76. The Balaban J connectivity index is 1.96. The second-order valence-corrected chi connectivity index (χ2v) is 6.26. The van der Waals surface area contributed by atoms with E-state index in [2.05, 4.69) is 44.3 Å². The van der Waals surface area contributed by atoms with Crippen molar-refractivity contribution < 1.29 is 4.74 Å². The van der Waals surface area contributed by atoms with Crippen molar-refractivity contribution in [3.63, 3.8) is 0 Å². The molecule has 0 amide bonds. The van der Waals surface area contributed by atoms with E-state index in [9.17, 15) is 0 Å². The normalized spacial score (nSPS) is 24.4. The minimum atomic E-state index is 0.355. The zero-order valence-corrected chi connectivity index (χ0v) is 13.4. The molecule has 112 valence electrons. The highest BCUT2D eigenvalue weighted by Crippen LogP contribution is 2.30. The van der Waals surface area contributed by atoms with Crippen molar-refractivity contribution in [1.82, 2.24) is 5.32 Å². The molecule has 1 aromatic carbocycles. The molecule has 1 aliphatic carbocycles. The molecule has 20 heavy (non-hydrogen) atoms. The summed E-state index contributed by atoms with van der Waals surface area (Å²) in [5, 5.41) is 3.79. The van der Waals surface area contributed by atoms with Gasteiger partial charge in [-0.2, -0.15) is 0 Å². The van der Waals surface area contributed by atoms with Gasteiger partial charge in [-0.05, 0) is 57.1 Å². The lowest BCUT2D eigenvalue weighted by atomic mass is 9.84. The summed E-state index contributed by atoms with van der Waals surface area (Å²) in [6, 6.07) is 7.52. The number of nitrogens with one attached hydrogen (secondary N) is 1. The molecule has 1 saturated carbocycles. The van der Waals surface area contributed by atoms with E-state index >= 15 is 0 Å². The summed E-state index contributed by atoms with van der Waals surface area (Å²) >= 11 is 0. The first kappa shape index (κ1) is 15.4. The van der Waals surface area contributed by atoms with Crippen LogP contribution < -0.4 is 10.1 Å². The molecule has 1 unspecified atom stereocenters. The second-order valence-electron chi connectivity index (χ2n) is 6.26. The number of ether oxygens (including phenoxy) is 1. The number of methoxy groups -OCH3 is 1. The van der Waals surface area contributed by atoms with Gasteiger partial charge >= 0.3 is 0 Å². The van der Waals surface area contributed by atoms with Crippen LogP contribution in [-0.4, -0.2) is 13.2 Å². The molecule has 1 aromatic rings. The van der Waals surface area contributed by atoms with E-state index in [0.717, 1.165) is 11.7 Å². The zero-order valence-electron chi connectivity index (χ0n) is 13.4. The molecule has 2 rings (SSSR count). The van der Waals surface area contributed by atoms with Crippen LogP contribution in [0, 0.1) is 12.8 Å². The Morgan fingerprint density at radius 3 is 2.55 bits per heavy atom. The number of benzene rings is 1. The summed E-state index contributed by atoms with van der Waals surface area (Å²) in [5.41, 5.74) is 2.52. The fourth-order valence-electron chi connectivity index (χ4n) is 3.36. The van der Waals surface area contributed by atoms with Crippen molar-refractivity contribution >= 4 is 0 Å². The van der Waals surface area contributed by atoms with Crippen LogP contribution in [0.15, 0.2) is 18.2 Å². The first-order valence-electron chi connectivity index (χ1n) is 8.04. The summed E-state index contributed by atoms with van der Waals surface area (Å²) in [5.74, 6) is 1.96. The minimum absolute atomic E-state index is 0.355. The van der Waals surface area contributed by atoms with Gasteiger partial charge in [0.05, 0.1) is 7.11 Å². The number of aryl methyl sites for hydroxylation is 1. The van der Waals surface area contributed by atoms with Crippen LogP contribution in [0.5, 0.6) is 5.75 Å². The van der Waals surface area contributed by atoms with E-state index in [0.29, 0.717) is 12.1 Å². The molecule has 0 saturated heterocycles. The summed E-state index contributed by atoms with van der Waals surface area (Å²) in [4.78, 5) is 0. The van der Waals surface area contributed by atoms with Crippen molar-refractivity contribution in [2.75, 3.05) is 7.11 Å². The van der Waals surface area contributed by atoms with E-state index in [1.165, 1.54) is 43.2 Å². The molecule has 1 aliphatic rings. The summed E-state index contributed by atoms with van der Waals surface area (Å²) in [6.07, 6.45) is 6.74. The molecule has 0 spiro atoms. The van der Waals surface area contributed by atoms with E-state index in [-0.39, 0.29) is 0 Å². The average Bonchev–Trinajstić information content (AvgIpc) is 2.47. The molecule has 1 atom stereocenters. The van der Waals surface area contributed by atoms with Crippen LogP contribution in [0.4, 0.5) is 0 Å². The Kier molecular flexibility index (Phi) is 5.47. The lowest BCUT2D eigenvalue weighted by molar-refractivity contribution is 0.271. The molecular weight excluding hydrogens is 246 g/mol. The number of hydrogen-bond acceptors (Lipinski definition) is 2. The van der Waals surface area contributed by atoms with Crippen LogP contribution in [0.2, 0.25) is 0 Å². The van der Waals surface area contributed by atoms with Crippen LogP contribution >= 0.6 is 0 Å². The standard InChI is InChI=1S/C18H29NO/c1-5-15-7-9-16(10-8-15)19-14(3)17-11-6-13(2)12-18(17)20-4/h6,11-12,14-16,19H,5,7-10H2,1-4H3. The Morgan fingerprint density at radius 1 is 1.25 bits per heavy atom. The van der Waals surface area contributed by atoms with Crippen LogP contribution in [0.3, 0.4) is 0 Å². The van der Waals surface area contributed by atoms with Gasteiger partial charge in [-0.1, -0.05) is 25.5 Å². The predicted octanol–water partition coefficient (Wildman–Crippen LogP) is 4.62. The smallest absolute Gasteiger partial charge is 0.123 e. The molecule has 0 heterocycles. The zero-order chi connectivity index (χ0) is 14.5. The fraction of sp³-hybridized carbons (Fsp3) is 0.667. The first-order valence-corrected chi connectivity index (χ1v) is 8.04. The third-order valence-electron chi connectivity index (χ3n) is 4.77. The molecule has 2 nitrogen and oxygen atoms in total. The quantitative estimate of drug-likeness (QED) is 0.846. The predicted molar refractivity (Wildman–Crippen MR) is 85.3 cm³/mol. The van der Waals surface area contributed by atoms with E-state index in [1.54, 1.807) is 7.11 Å². The maximum atomic E-state index is 5.53. The van der Waals surface area contributed by atoms with Crippen molar-refractivity contribution in [1.29, 1.82) is 0 Å². The minimum Gasteiger partial charge on any atom is -0.496 e. The molecule has 2 heteroatoms. The third kappa shape index (κ3) is 3.76. The Hall–Kier alpha value is -1.02. The van der Waals surface area contributed by atoms with E-state index in [4.69, 9.17) is 4.74 Å². The van der Waals surface area contributed by atoms with Gasteiger partial charge in [0.1, 0.15) is 5.75 Å². The molecule has 0 aromatic heterocycles. The van der Waals surface area contributed by atoms with Crippen molar-refractivity contribution in [2.45, 2.75) is 65.0 Å². The van der Waals surface area contributed by atoms with Crippen molar-refractivity contribution in [2.24, 2.45) is 5.92 Å². The molecule has 0 radical (unpaired) electrons. The Bertz CT molecular complexity index is 421. The van der Waals surface area contributed by atoms with Gasteiger partial charge in [0.2, 0.25) is 0 Å². The lowest BCUT2D eigenvalue weighted by Crippen LogP contribution is -2.35. The number of rotatable bonds is 5. The first-order chi connectivity index (χ1) is 9.63. The SMILES string of the molecule is CCC1CCC(NC(C)c2ccc(C)cc2OC)CC1. The average molecular weight is 275 g/mol. The third-order valence-corrected chi connectivity index (χ3v) is 4.77. The number of hydrogen-bond donors (Lipinski definition) is 1. The van der Waals surface area contributed by atoms with Crippen molar-refractivity contribution in [3.05, 3.63) is 29.3 Å². The second kappa shape index (κ2) is 7.12. The lowest BCUT2D eigenvalue weighted by Gasteiger charge is -2.31.